The van der Waals surface area contributed by atoms with Crippen LogP contribution in [-0.4, -0.2) is 56.2 Å². The van der Waals surface area contributed by atoms with E-state index in [0.29, 0.717) is 32.2 Å². The average Bonchev–Trinajstić information content (AvgIpc) is 2.58. The Hall–Kier alpha value is -1.22. The lowest BCUT2D eigenvalue weighted by atomic mass is 9.94. The van der Waals surface area contributed by atoms with Crippen molar-refractivity contribution in [1.29, 1.82) is 0 Å². The van der Waals surface area contributed by atoms with Crippen molar-refractivity contribution in [2.45, 2.75) is 37.8 Å². The molecule has 1 aliphatic carbocycles. The predicted molar refractivity (Wildman–Crippen MR) is 85.4 cm³/mol. The van der Waals surface area contributed by atoms with Crippen LogP contribution in [0.4, 0.5) is 0 Å². The summed E-state index contributed by atoms with van der Waals surface area (Å²) in [5.41, 5.74) is 0. The van der Waals surface area contributed by atoms with Crippen LogP contribution in [0.5, 0.6) is 5.88 Å². The van der Waals surface area contributed by atoms with Crippen LogP contribution in [-0.2, 0) is 14.9 Å². The van der Waals surface area contributed by atoms with Gasteiger partial charge in [0, 0.05) is 31.4 Å². The van der Waals surface area contributed by atoms with Crippen LogP contribution >= 0.6 is 0 Å². The number of ether oxygens (including phenoxy) is 2. The van der Waals surface area contributed by atoms with Gasteiger partial charge >= 0.3 is 0 Å². The lowest BCUT2D eigenvalue weighted by molar-refractivity contribution is 0.0719. The van der Waals surface area contributed by atoms with E-state index in [2.05, 4.69) is 9.71 Å². The molecule has 1 N–H and O–H groups in total. The minimum absolute atomic E-state index is 0.0218. The second-order valence-electron chi connectivity index (χ2n) is 5.89. The highest BCUT2D eigenvalue weighted by molar-refractivity contribution is 7.87. The molecule has 2 heterocycles. The Kier molecular flexibility index (Phi) is 5.47. The molecule has 1 aromatic rings. The molecule has 0 spiro atoms. The Balaban J connectivity index is 1.47. The second-order valence-corrected chi connectivity index (χ2v) is 7.60. The van der Waals surface area contributed by atoms with E-state index in [4.69, 9.17) is 9.47 Å². The van der Waals surface area contributed by atoms with Gasteiger partial charge in [0.1, 0.15) is 6.10 Å². The van der Waals surface area contributed by atoms with Gasteiger partial charge in [0.2, 0.25) is 5.88 Å². The van der Waals surface area contributed by atoms with E-state index in [1.807, 2.05) is 18.2 Å². The number of pyridine rings is 1. The molecule has 0 radical (unpaired) electrons. The van der Waals surface area contributed by atoms with Crippen LogP contribution in [0, 0.1) is 0 Å². The number of nitrogens with zero attached hydrogens (tertiary/aromatic N) is 2. The largest absolute Gasteiger partial charge is 0.474 e. The first-order chi connectivity index (χ1) is 11.1. The summed E-state index contributed by atoms with van der Waals surface area (Å²) in [6.45, 7) is 1.78. The smallest absolute Gasteiger partial charge is 0.279 e. The highest BCUT2D eigenvalue weighted by Gasteiger charge is 2.30. The third-order valence-corrected chi connectivity index (χ3v) is 5.90. The van der Waals surface area contributed by atoms with E-state index >= 15 is 0 Å². The molecule has 0 unspecified atom stereocenters. The Morgan fingerprint density at radius 2 is 1.91 bits per heavy atom. The number of aromatic nitrogens is 1. The Bertz CT molecular complexity index is 582. The maximum atomic E-state index is 12.3. The van der Waals surface area contributed by atoms with Crippen molar-refractivity contribution >= 4 is 10.2 Å². The summed E-state index contributed by atoms with van der Waals surface area (Å²) in [5.74, 6) is 0.629. The molecule has 2 fully saturated rings. The van der Waals surface area contributed by atoms with Crippen LogP contribution in [0.25, 0.3) is 0 Å². The normalized spacial score (nSPS) is 26.8. The summed E-state index contributed by atoms with van der Waals surface area (Å²) < 4.78 is 40.0. The van der Waals surface area contributed by atoms with Crippen LogP contribution in [0.2, 0.25) is 0 Å². The summed E-state index contributed by atoms with van der Waals surface area (Å²) in [6.07, 6.45) is 5.02. The van der Waals surface area contributed by atoms with E-state index in [1.165, 1.54) is 4.31 Å². The number of hydrogen-bond acceptors (Lipinski definition) is 5. The molecular weight excluding hydrogens is 318 g/mol. The fourth-order valence-electron chi connectivity index (χ4n) is 2.96. The Labute approximate surface area is 137 Å². The molecule has 23 heavy (non-hydrogen) atoms. The number of nitrogens with one attached hydrogen (secondary N) is 1. The summed E-state index contributed by atoms with van der Waals surface area (Å²) in [6, 6.07) is 5.56. The van der Waals surface area contributed by atoms with Crippen molar-refractivity contribution in [3.63, 3.8) is 0 Å². The van der Waals surface area contributed by atoms with E-state index in [9.17, 15) is 8.42 Å². The van der Waals surface area contributed by atoms with Gasteiger partial charge in [0.05, 0.1) is 13.2 Å². The predicted octanol–water partition coefficient (Wildman–Crippen LogP) is 0.938. The average molecular weight is 341 g/mol. The van der Waals surface area contributed by atoms with Gasteiger partial charge in [-0.25, -0.2) is 4.98 Å². The summed E-state index contributed by atoms with van der Waals surface area (Å²) in [4.78, 5) is 4.16. The van der Waals surface area contributed by atoms with E-state index in [1.54, 1.807) is 6.20 Å². The van der Waals surface area contributed by atoms with Gasteiger partial charge in [-0.15, -0.1) is 0 Å². The van der Waals surface area contributed by atoms with Crippen LogP contribution < -0.4 is 9.46 Å². The molecule has 7 nitrogen and oxygen atoms in total. The molecule has 0 amide bonds. The van der Waals surface area contributed by atoms with E-state index in [-0.39, 0.29) is 12.1 Å². The van der Waals surface area contributed by atoms with Gasteiger partial charge in [-0.2, -0.15) is 17.4 Å². The van der Waals surface area contributed by atoms with E-state index in [0.717, 1.165) is 25.7 Å². The first-order valence-electron chi connectivity index (χ1n) is 8.06. The van der Waals surface area contributed by atoms with Crippen molar-refractivity contribution in [1.82, 2.24) is 14.0 Å². The molecule has 8 heteroatoms. The quantitative estimate of drug-likeness (QED) is 0.862. The molecular formula is C15H23N3O4S. The maximum absolute atomic E-state index is 12.3. The van der Waals surface area contributed by atoms with Crippen LogP contribution in [0.1, 0.15) is 25.7 Å². The minimum atomic E-state index is -3.41. The molecule has 0 aromatic carbocycles. The van der Waals surface area contributed by atoms with Crippen molar-refractivity contribution in [3.8, 4) is 5.88 Å². The lowest BCUT2D eigenvalue weighted by Crippen LogP contribution is -2.50. The summed E-state index contributed by atoms with van der Waals surface area (Å²) >= 11 is 0. The Morgan fingerprint density at radius 1 is 1.17 bits per heavy atom. The van der Waals surface area contributed by atoms with Gasteiger partial charge in [-0.3, -0.25) is 0 Å². The van der Waals surface area contributed by atoms with Gasteiger partial charge in [-0.1, -0.05) is 6.07 Å². The summed E-state index contributed by atoms with van der Waals surface area (Å²) in [7, 11) is -3.41. The molecule has 0 atom stereocenters. The molecule has 1 aromatic heterocycles. The van der Waals surface area contributed by atoms with Crippen molar-refractivity contribution < 1.29 is 17.9 Å². The van der Waals surface area contributed by atoms with Crippen molar-refractivity contribution in [2.24, 2.45) is 0 Å². The molecule has 1 saturated carbocycles. The summed E-state index contributed by atoms with van der Waals surface area (Å²) in [5, 5.41) is 0. The molecule has 1 aliphatic heterocycles. The zero-order valence-electron chi connectivity index (χ0n) is 13.1. The van der Waals surface area contributed by atoms with Crippen LogP contribution in [0.3, 0.4) is 0 Å². The molecule has 128 valence electrons. The number of rotatable bonds is 5. The first kappa shape index (κ1) is 16.6. The second kappa shape index (κ2) is 7.57. The fraction of sp³-hybridized carbons (Fsp3) is 0.667. The van der Waals surface area contributed by atoms with Crippen LogP contribution in [0.15, 0.2) is 24.4 Å². The number of hydrogen-bond donors (Lipinski definition) is 1. The molecule has 3 rings (SSSR count). The van der Waals surface area contributed by atoms with Crippen molar-refractivity contribution in [2.75, 3.05) is 26.3 Å². The zero-order valence-corrected chi connectivity index (χ0v) is 13.9. The molecule has 2 aliphatic rings. The number of morpholine rings is 1. The van der Waals surface area contributed by atoms with Crippen molar-refractivity contribution in [3.05, 3.63) is 24.4 Å². The minimum Gasteiger partial charge on any atom is -0.474 e. The SMILES string of the molecule is O=S(=O)(NC1CCC(Oc2ccccn2)CC1)N1CCOCC1. The monoisotopic (exact) mass is 341 g/mol. The topological polar surface area (TPSA) is 80.8 Å². The van der Waals surface area contributed by atoms with Gasteiger partial charge < -0.3 is 9.47 Å². The molecule has 1 saturated heterocycles. The fourth-order valence-corrected chi connectivity index (χ4v) is 4.39. The van der Waals surface area contributed by atoms with E-state index < -0.39 is 10.2 Å². The highest BCUT2D eigenvalue weighted by Crippen LogP contribution is 2.23. The lowest BCUT2D eigenvalue weighted by Gasteiger charge is -2.32. The van der Waals surface area contributed by atoms with Gasteiger partial charge in [-0.05, 0) is 31.7 Å². The zero-order chi connectivity index (χ0) is 16.1. The van der Waals surface area contributed by atoms with Gasteiger partial charge in [0.15, 0.2) is 0 Å². The standard InChI is InChI=1S/C15H23N3O4S/c19-23(20,18-9-11-21-12-10-18)17-13-4-6-14(7-5-13)22-15-3-1-2-8-16-15/h1-3,8,13-14,17H,4-7,9-12H2. The highest BCUT2D eigenvalue weighted by atomic mass is 32.2. The maximum Gasteiger partial charge on any atom is 0.279 e. The third-order valence-electron chi connectivity index (χ3n) is 4.22. The Morgan fingerprint density at radius 3 is 2.57 bits per heavy atom. The third kappa shape index (κ3) is 4.63. The first-order valence-corrected chi connectivity index (χ1v) is 9.50. The van der Waals surface area contributed by atoms with Gasteiger partial charge in [0.25, 0.3) is 10.2 Å². The molecule has 0 bridgehead atoms.